The molecule has 1 fully saturated rings. The monoisotopic (exact) mass is 439 g/mol. The maximum absolute atomic E-state index is 12.9. The Morgan fingerprint density at radius 3 is 2.45 bits per heavy atom. The number of ether oxygens (including phenoxy) is 1. The van der Waals surface area contributed by atoms with E-state index in [1.165, 1.54) is 4.31 Å². The van der Waals surface area contributed by atoms with Crippen molar-refractivity contribution in [2.75, 3.05) is 43.5 Å². The first-order valence-corrected chi connectivity index (χ1v) is 11.5. The summed E-state index contributed by atoms with van der Waals surface area (Å²) >= 11 is 0. The van der Waals surface area contributed by atoms with E-state index in [9.17, 15) is 8.76 Å². The minimum Gasteiger partial charge on any atom is -0.593 e. The lowest BCUT2D eigenvalue weighted by molar-refractivity contribution is 0.337. The Kier molecular flexibility index (Phi) is 6.17. The second-order valence-electron chi connectivity index (χ2n) is 7.27. The van der Waals surface area contributed by atoms with Gasteiger partial charge in [-0.25, -0.2) is 4.98 Å². The van der Waals surface area contributed by atoms with Crippen LogP contribution in [0.15, 0.2) is 65.7 Å². The van der Waals surface area contributed by atoms with Gasteiger partial charge >= 0.3 is 0 Å². The number of methoxy groups -OCH3 is 1. The van der Waals surface area contributed by atoms with Crippen LogP contribution >= 0.6 is 0 Å². The number of benzene rings is 2. The molecule has 1 N–H and O–H groups in total. The quantitative estimate of drug-likeness (QED) is 0.589. The number of para-hydroxylation sites is 2. The summed E-state index contributed by atoms with van der Waals surface area (Å²) in [4.78, 5) is 11.3. The van der Waals surface area contributed by atoms with E-state index in [4.69, 9.17) is 4.74 Å². The van der Waals surface area contributed by atoms with E-state index in [0.29, 0.717) is 42.8 Å². The van der Waals surface area contributed by atoms with Gasteiger partial charge < -0.3 is 19.5 Å². The van der Waals surface area contributed by atoms with Gasteiger partial charge in [0.15, 0.2) is 15.3 Å². The normalized spacial score (nSPS) is 16.5. The third kappa shape index (κ3) is 4.68. The molecule has 1 aromatic heterocycles. The Bertz CT molecular complexity index is 1080. The van der Waals surface area contributed by atoms with E-state index >= 15 is 0 Å². The van der Waals surface area contributed by atoms with E-state index in [1.807, 2.05) is 48.2 Å². The minimum atomic E-state index is -3.50. The molecule has 1 saturated heterocycles. The summed E-state index contributed by atoms with van der Waals surface area (Å²) < 4.78 is 32.7. The number of nitrogens with one attached hydrogen (secondary N) is 1. The third-order valence-electron chi connectivity index (χ3n) is 5.19. The van der Waals surface area contributed by atoms with Gasteiger partial charge in [0.25, 0.3) is 0 Å². The predicted octanol–water partition coefficient (Wildman–Crippen LogP) is 3.26. The summed E-state index contributed by atoms with van der Waals surface area (Å²) in [6.07, 6.45) is 1.69. The van der Waals surface area contributed by atoms with Crippen molar-refractivity contribution in [2.24, 2.45) is 0 Å². The molecule has 1 unspecified atom stereocenters. The zero-order chi connectivity index (χ0) is 21.8. The number of hydrogen-bond donors (Lipinski definition) is 1. The first-order chi connectivity index (χ1) is 15.0. The Balaban J connectivity index is 1.44. The van der Waals surface area contributed by atoms with Crippen LogP contribution in [0.4, 0.5) is 17.5 Å². The SMILES string of the molecule is COc1ccccc1Nc1ccnc(N2CCN([S+](=O)([O-])c3ccc(C)cc3)CC2)n1. The van der Waals surface area contributed by atoms with Gasteiger partial charge in [0.1, 0.15) is 11.6 Å². The van der Waals surface area contributed by atoms with Gasteiger partial charge in [-0.2, -0.15) is 4.98 Å². The fourth-order valence-electron chi connectivity index (χ4n) is 3.44. The number of hydrogen-bond acceptors (Lipinski definition) is 7. The maximum atomic E-state index is 12.9. The number of nitrogens with zero attached hydrogens (tertiary/aromatic N) is 4. The lowest BCUT2D eigenvalue weighted by Gasteiger charge is -2.35. The first kappa shape index (κ1) is 21.2. The van der Waals surface area contributed by atoms with Crippen molar-refractivity contribution in [3.05, 3.63) is 66.4 Å². The molecular formula is C22H25N5O3S. The van der Waals surface area contributed by atoms with Gasteiger partial charge in [-0.05, 0) is 37.3 Å². The minimum absolute atomic E-state index is 0.325. The van der Waals surface area contributed by atoms with Gasteiger partial charge in [0, 0.05) is 19.3 Å². The number of anilines is 3. The summed E-state index contributed by atoms with van der Waals surface area (Å²) in [5.74, 6) is 1.93. The highest BCUT2D eigenvalue weighted by molar-refractivity contribution is 7.95. The Morgan fingerprint density at radius 1 is 1.03 bits per heavy atom. The average Bonchev–Trinajstić information content (AvgIpc) is 2.80. The smallest absolute Gasteiger partial charge is 0.227 e. The van der Waals surface area contributed by atoms with Crippen LogP contribution in [0, 0.1) is 6.92 Å². The zero-order valence-electron chi connectivity index (χ0n) is 17.5. The van der Waals surface area contributed by atoms with E-state index in [1.54, 1.807) is 31.5 Å². The molecule has 0 saturated carbocycles. The molecule has 9 heteroatoms. The molecule has 162 valence electrons. The molecule has 0 amide bonds. The predicted molar refractivity (Wildman–Crippen MR) is 120 cm³/mol. The molecule has 0 spiro atoms. The summed E-state index contributed by atoms with van der Waals surface area (Å²) in [6.45, 7) is 3.73. The number of rotatable bonds is 6. The molecule has 1 aliphatic heterocycles. The molecule has 0 bridgehead atoms. The fourth-order valence-corrected chi connectivity index (χ4v) is 4.87. The van der Waals surface area contributed by atoms with E-state index in [2.05, 4.69) is 15.3 Å². The van der Waals surface area contributed by atoms with Gasteiger partial charge in [0.2, 0.25) is 5.95 Å². The molecule has 2 heterocycles. The fraction of sp³-hybridized carbons (Fsp3) is 0.273. The summed E-state index contributed by atoms with van der Waals surface area (Å²) in [5, 5.41) is 3.25. The van der Waals surface area contributed by atoms with Crippen molar-refractivity contribution >= 4 is 27.9 Å². The topological polar surface area (TPSA) is 93.7 Å². The van der Waals surface area contributed by atoms with Crippen LogP contribution in [0.5, 0.6) is 5.75 Å². The second kappa shape index (κ2) is 9.01. The van der Waals surface area contributed by atoms with Crippen LogP contribution in [0.3, 0.4) is 0 Å². The van der Waals surface area contributed by atoms with Crippen LogP contribution in [-0.4, -0.2) is 52.1 Å². The molecule has 31 heavy (non-hydrogen) atoms. The van der Waals surface area contributed by atoms with Crippen molar-refractivity contribution in [3.8, 4) is 5.75 Å². The van der Waals surface area contributed by atoms with Gasteiger partial charge in [-0.3, -0.25) is 0 Å². The third-order valence-corrected chi connectivity index (χ3v) is 7.11. The van der Waals surface area contributed by atoms with Crippen LogP contribution in [0.1, 0.15) is 5.56 Å². The van der Waals surface area contributed by atoms with E-state index in [0.717, 1.165) is 17.0 Å². The zero-order valence-corrected chi connectivity index (χ0v) is 18.3. The molecule has 3 aromatic rings. The van der Waals surface area contributed by atoms with Gasteiger partial charge in [-0.1, -0.05) is 34.0 Å². The Morgan fingerprint density at radius 2 is 1.74 bits per heavy atom. The number of aromatic nitrogens is 2. The van der Waals surface area contributed by atoms with E-state index in [-0.39, 0.29) is 0 Å². The van der Waals surface area contributed by atoms with Crippen LogP contribution in [-0.2, 0) is 14.6 Å². The van der Waals surface area contributed by atoms with Crippen molar-refractivity contribution in [1.82, 2.24) is 14.3 Å². The molecule has 0 radical (unpaired) electrons. The maximum Gasteiger partial charge on any atom is 0.227 e. The van der Waals surface area contributed by atoms with E-state index < -0.39 is 10.4 Å². The molecule has 2 aromatic carbocycles. The first-order valence-electron chi connectivity index (χ1n) is 10.0. The van der Waals surface area contributed by atoms with Crippen LogP contribution in [0.25, 0.3) is 0 Å². The van der Waals surface area contributed by atoms with Crippen molar-refractivity contribution in [2.45, 2.75) is 11.8 Å². The summed E-state index contributed by atoms with van der Waals surface area (Å²) in [7, 11) is -1.88. The largest absolute Gasteiger partial charge is 0.593 e. The number of aryl methyl sites for hydroxylation is 1. The molecule has 1 aliphatic rings. The molecular weight excluding hydrogens is 414 g/mol. The highest BCUT2D eigenvalue weighted by Gasteiger charge is 2.33. The van der Waals surface area contributed by atoms with Crippen molar-refractivity contribution in [3.63, 3.8) is 0 Å². The average molecular weight is 440 g/mol. The van der Waals surface area contributed by atoms with Crippen molar-refractivity contribution in [1.29, 1.82) is 0 Å². The standard InChI is InChI=1S/C22H25N5O3S/c1-17-7-9-18(10-8-17)31(28,29)27-15-13-26(14-16-27)22-23-12-11-21(25-22)24-19-5-3-4-6-20(19)30-2/h3-12H,13-16H2,1-2H3,(H-,23,24,25,28,29). The second-order valence-corrected chi connectivity index (χ2v) is 9.21. The molecule has 1 atom stereocenters. The molecule has 8 nitrogen and oxygen atoms in total. The lowest BCUT2D eigenvalue weighted by atomic mass is 10.2. The highest BCUT2D eigenvalue weighted by Crippen LogP contribution is 2.27. The highest BCUT2D eigenvalue weighted by atomic mass is 32.3. The Hall–Kier alpha value is -3.01. The van der Waals surface area contributed by atoms with Crippen LogP contribution in [0.2, 0.25) is 0 Å². The van der Waals surface area contributed by atoms with Gasteiger partial charge in [0.05, 0.1) is 25.9 Å². The lowest BCUT2D eigenvalue weighted by Crippen LogP contribution is -2.51. The number of piperazine rings is 1. The summed E-state index contributed by atoms with van der Waals surface area (Å²) in [6, 6.07) is 16.3. The van der Waals surface area contributed by atoms with Gasteiger partial charge in [-0.15, -0.1) is 4.31 Å². The number of sulfonamides is 1. The van der Waals surface area contributed by atoms with Crippen molar-refractivity contribution < 1.29 is 13.5 Å². The van der Waals surface area contributed by atoms with Crippen LogP contribution < -0.4 is 15.0 Å². The molecule has 0 aliphatic carbocycles. The Labute approximate surface area is 183 Å². The summed E-state index contributed by atoms with van der Waals surface area (Å²) in [5.41, 5.74) is 1.84. The molecule has 4 rings (SSSR count).